The van der Waals surface area contributed by atoms with Gasteiger partial charge in [0, 0.05) is 63.9 Å². The molecule has 0 saturated carbocycles. The Morgan fingerprint density at radius 1 is 0.851 bits per heavy atom. The molecule has 3 amide bonds. The van der Waals surface area contributed by atoms with Crippen molar-refractivity contribution in [3.8, 4) is 0 Å². The summed E-state index contributed by atoms with van der Waals surface area (Å²) in [6.07, 6.45) is -9.36. The Morgan fingerprint density at radius 2 is 1.43 bits per heavy atom. The number of hydrogen-bond acceptors (Lipinski definition) is 4. The molecule has 0 spiro atoms. The lowest BCUT2D eigenvalue weighted by atomic mass is 9.77. The maximum absolute atomic E-state index is 13.8. The van der Waals surface area contributed by atoms with E-state index in [-0.39, 0.29) is 61.7 Å². The van der Waals surface area contributed by atoms with Gasteiger partial charge in [-0.1, -0.05) is 24.3 Å². The molecule has 2 saturated heterocycles. The van der Waals surface area contributed by atoms with Crippen molar-refractivity contribution in [1.82, 2.24) is 14.7 Å². The van der Waals surface area contributed by atoms with Gasteiger partial charge in [-0.25, -0.2) is 0 Å². The molecular weight excluding hydrogens is 632 g/mol. The number of nitrogens with zero attached hydrogens (tertiary/aromatic N) is 3. The average molecular weight is 670 g/mol. The monoisotopic (exact) mass is 669 g/mol. The third-order valence-electron chi connectivity index (χ3n) is 9.02. The molecular formula is C33H37F6N3O5. The van der Waals surface area contributed by atoms with Crippen molar-refractivity contribution in [2.24, 2.45) is 11.8 Å². The molecule has 2 aromatic rings. The summed E-state index contributed by atoms with van der Waals surface area (Å²) < 4.78 is 80.6. The van der Waals surface area contributed by atoms with Crippen molar-refractivity contribution in [3.05, 3.63) is 70.3 Å². The summed E-state index contributed by atoms with van der Waals surface area (Å²) in [6, 6.07) is 8.61. The van der Waals surface area contributed by atoms with Gasteiger partial charge in [-0.2, -0.15) is 26.3 Å². The molecule has 14 heteroatoms. The first kappa shape index (κ1) is 35.7. The number of aliphatic carboxylic acids is 1. The highest BCUT2D eigenvalue weighted by Crippen LogP contribution is 2.39. The van der Waals surface area contributed by atoms with Crippen LogP contribution in [-0.2, 0) is 38.1 Å². The third-order valence-corrected chi connectivity index (χ3v) is 9.02. The summed E-state index contributed by atoms with van der Waals surface area (Å²) in [5, 5.41) is 8.84. The first-order valence-electron chi connectivity index (χ1n) is 15.3. The number of aryl methyl sites for hydroxylation is 1. The minimum atomic E-state index is -5.01. The fourth-order valence-electron chi connectivity index (χ4n) is 6.52. The number of benzene rings is 2. The van der Waals surface area contributed by atoms with Crippen LogP contribution in [0.1, 0.15) is 65.8 Å². The fourth-order valence-corrected chi connectivity index (χ4v) is 6.52. The number of rotatable bonds is 8. The van der Waals surface area contributed by atoms with E-state index in [2.05, 4.69) is 0 Å². The topological polar surface area (TPSA) is 98.2 Å². The molecule has 0 bridgehead atoms. The summed E-state index contributed by atoms with van der Waals surface area (Å²) in [6.45, 7) is 2.44. The van der Waals surface area contributed by atoms with Crippen molar-refractivity contribution in [3.63, 3.8) is 0 Å². The number of alkyl halides is 6. The highest BCUT2D eigenvalue weighted by Gasteiger charge is 2.41. The molecule has 4 rings (SSSR count). The molecule has 2 heterocycles. The quantitative estimate of drug-likeness (QED) is 0.363. The van der Waals surface area contributed by atoms with Crippen molar-refractivity contribution >= 4 is 23.7 Å². The molecule has 0 unspecified atom stereocenters. The van der Waals surface area contributed by atoms with Gasteiger partial charge < -0.3 is 19.8 Å². The molecule has 0 aromatic heterocycles. The van der Waals surface area contributed by atoms with Gasteiger partial charge in [0.2, 0.25) is 17.7 Å². The lowest BCUT2D eigenvalue weighted by molar-refractivity contribution is -0.146. The molecule has 256 valence electrons. The first-order valence-corrected chi connectivity index (χ1v) is 15.3. The molecule has 0 aliphatic carbocycles. The van der Waals surface area contributed by atoms with Crippen LogP contribution in [0.15, 0.2) is 42.5 Å². The van der Waals surface area contributed by atoms with E-state index in [9.17, 15) is 45.5 Å². The van der Waals surface area contributed by atoms with E-state index in [1.807, 2.05) is 25.1 Å². The zero-order valence-electron chi connectivity index (χ0n) is 26.0. The molecule has 47 heavy (non-hydrogen) atoms. The van der Waals surface area contributed by atoms with Gasteiger partial charge in [-0.15, -0.1) is 0 Å². The van der Waals surface area contributed by atoms with Gasteiger partial charge in [-0.3, -0.25) is 19.2 Å². The Balaban J connectivity index is 1.50. The second kappa shape index (κ2) is 14.3. The standard InChI is InChI=1S/C33H37F6N3O5/c1-20-5-3-4-6-25(20)27-19-42(30(46)22-9-12-41(13-10-22)28(43)7-8-29(44)45)14-11-26(27)31(47)40(2)18-21-15-23(32(34,35)36)17-24(16-21)33(37,38)39/h3-6,15-17,22,26-27H,7-14,18-19H2,1-2H3,(H,44,45)/t26-,27+/m0/s1. The van der Waals surface area contributed by atoms with Crippen LogP contribution in [0.2, 0.25) is 0 Å². The van der Waals surface area contributed by atoms with Crippen LogP contribution in [0.4, 0.5) is 26.3 Å². The Labute approximate surface area is 268 Å². The Hall–Kier alpha value is -4.10. The number of amides is 3. The second-order valence-electron chi connectivity index (χ2n) is 12.3. The van der Waals surface area contributed by atoms with E-state index in [0.717, 1.165) is 16.0 Å². The SMILES string of the molecule is Cc1ccccc1[C@H]1CN(C(=O)C2CCN(C(=O)CCC(=O)O)CC2)CC[C@@H]1C(=O)N(C)Cc1cc(C(F)(F)F)cc(C(F)(F)F)c1. The lowest BCUT2D eigenvalue weighted by Gasteiger charge is -2.42. The summed E-state index contributed by atoms with van der Waals surface area (Å²) in [5.74, 6) is -3.45. The van der Waals surface area contributed by atoms with Crippen LogP contribution in [0.25, 0.3) is 0 Å². The number of carboxylic acid groups (broad SMARTS) is 1. The normalized spacial score (nSPS) is 19.4. The van der Waals surface area contributed by atoms with Crippen LogP contribution in [0.5, 0.6) is 0 Å². The molecule has 1 N–H and O–H groups in total. The largest absolute Gasteiger partial charge is 0.481 e. The van der Waals surface area contributed by atoms with E-state index in [4.69, 9.17) is 5.11 Å². The molecule has 0 radical (unpaired) electrons. The number of carbonyl (C=O) groups excluding carboxylic acids is 3. The maximum Gasteiger partial charge on any atom is 0.416 e. The zero-order chi connectivity index (χ0) is 34.7. The molecule has 8 nitrogen and oxygen atoms in total. The lowest BCUT2D eigenvalue weighted by Crippen LogP contribution is -2.50. The van der Waals surface area contributed by atoms with Crippen LogP contribution < -0.4 is 0 Å². The predicted molar refractivity (Wildman–Crippen MR) is 158 cm³/mol. The second-order valence-corrected chi connectivity index (χ2v) is 12.3. The number of carbonyl (C=O) groups is 4. The Bertz CT molecular complexity index is 1450. The van der Waals surface area contributed by atoms with Crippen molar-refractivity contribution in [2.45, 2.75) is 63.8 Å². The highest BCUT2D eigenvalue weighted by molar-refractivity contribution is 5.83. The molecule has 2 aliphatic heterocycles. The van der Waals surface area contributed by atoms with Gasteiger partial charge >= 0.3 is 18.3 Å². The van der Waals surface area contributed by atoms with Gasteiger partial charge in [0.25, 0.3) is 0 Å². The Kier molecular flexibility index (Phi) is 10.9. The number of halogens is 6. The highest BCUT2D eigenvalue weighted by atomic mass is 19.4. The van der Waals surface area contributed by atoms with Crippen molar-refractivity contribution in [2.75, 3.05) is 33.2 Å². The van der Waals surface area contributed by atoms with Crippen molar-refractivity contribution < 1.29 is 50.6 Å². The van der Waals surface area contributed by atoms with E-state index in [1.54, 1.807) is 15.9 Å². The third kappa shape index (κ3) is 8.83. The minimum Gasteiger partial charge on any atom is -0.481 e. The number of hydrogen-bond donors (Lipinski definition) is 1. The van der Waals surface area contributed by atoms with E-state index in [0.29, 0.717) is 38.1 Å². The number of likely N-dealkylation sites (tertiary alicyclic amines) is 2. The van der Waals surface area contributed by atoms with Gasteiger partial charge in [0.1, 0.15) is 0 Å². The summed E-state index contributed by atoms with van der Waals surface area (Å²) >= 11 is 0. The Morgan fingerprint density at radius 3 is 1.98 bits per heavy atom. The van der Waals surface area contributed by atoms with Gasteiger partial charge in [0.05, 0.1) is 17.5 Å². The van der Waals surface area contributed by atoms with Gasteiger partial charge in [0.15, 0.2) is 0 Å². The molecule has 2 fully saturated rings. The predicted octanol–water partition coefficient (Wildman–Crippen LogP) is 5.73. The van der Waals surface area contributed by atoms with E-state index < -0.39 is 53.7 Å². The summed E-state index contributed by atoms with van der Waals surface area (Å²) in [7, 11) is 1.34. The van der Waals surface area contributed by atoms with Crippen LogP contribution >= 0.6 is 0 Å². The summed E-state index contributed by atoms with van der Waals surface area (Å²) in [5.41, 5.74) is -1.54. The fraction of sp³-hybridized carbons (Fsp3) is 0.515. The van der Waals surface area contributed by atoms with Crippen molar-refractivity contribution in [1.29, 1.82) is 0 Å². The molecule has 2 aromatic carbocycles. The average Bonchev–Trinajstić information content (AvgIpc) is 3.02. The minimum absolute atomic E-state index is 0.0490. The van der Waals surface area contributed by atoms with E-state index in [1.165, 1.54) is 7.05 Å². The number of piperidine rings is 2. The van der Waals surface area contributed by atoms with Crippen LogP contribution in [0.3, 0.4) is 0 Å². The smallest absolute Gasteiger partial charge is 0.416 e. The summed E-state index contributed by atoms with van der Waals surface area (Å²) in [4.78, 5) is 55.0. The van der Waals surface area contributed by atoms with Crippen LogP contribution in [0, 0.1) is 18.8 Å². The zero-order valence-corrected chi connectivity index (χ0v) is 26.0. The first-order chi connectivity index (χ1) is 22.0. The maximum atomic E-state index is 13.8. The molecule has 2 aliphatic rings. The van der Waals surface area contributed by atoms with E-state index >= 15 is 0 Å². The van der Waals surface area contributed by atoms with Crippen LogP contribution in [-0.4, -0.2) is 76.7 Å². The number of carboxylic acids is 1. The molecule has 2 atom stereocenters. The van der Waals surface area contributed by atoms with Gasteiger partial charge in [-0.05, 0) is 61.1 Å².